The largest absolute Gasteiger partial charge is 0.457 e. The molecule has 100 valence electrons. The molecule has 2 rings (SSSR count). The van der Waals surface area contributed by atoms with Gasteiger partial charge in [-0.25, -0.2) is 4.39 Å². The molecule has 0 aliphatic heterocycles. The van der Waals surface area contributed by atoms with Gasteiger partial charge in [-0.2, -0.15) is 0 Å². The van der Waals surface area contributed by atoms with Gasteiger partial charge in [0.1, 0.15) is 17.3 Å². The van der Waals surface area contributed by atoms with Crippen molar-refractivity contribution in [1.29, 1.82) is 0 Å². The second kappa shape index (κ2) is 5.85. The molecule has 3 heteroatoms. The van der Waals surface area contributed by atoms with Crippen molar-refractivity contribution in [3.05, 3.63) is 59.4 Å². The number of hydrogen-bond acceptors (Lipinski definition) is 2. The average Bonchev–Trinajstić information content (AvgIpc) is 2.43. The first kappa shape index (κ1) is 13.6. The summed E-state index contributed by atoms with van der Waals surface area (Å²) in [5.41, 5.74) is 7.61. The summed E-state index contributed by atoms with van der Waals surface area (Å²) in [5, 5.41) is 0. The molecule has 2 nitrogen and oxygen atoms in total. The minimum absolute atomic E-state index is 0.0575. The molecule has 0 saturated heterocycles. The maximum Gasteiger partial charge on any atom is 0.127 e. The third kappa shape index (κ3) is 3.32. The normalized spacial score (nSPS) is 12.2. The van der Waals surface area contributed by atoms with Crippen molar-refractivity contribution in [2.24, 2.45) is 5.73 Å². The summed E-state index contributed by atoms with van der Waals surface area (Å²) in [6.45, 7) is 3.77. The van der Waals surface area contributed by atoms with Crippen LogP contribution >= 0.6 is 0 Å². The van der Waals surface area contributed by atoms with Gasteiger partial charge >= 0.3 is 0 Å². The third-order valence-corrected chi connectivity index (χ3v) is 3.11. The standard InChI is InChI=1S/C16H18FNO/c1-3-16(18)12-4-6-13(7-5-12)19-14-8-9-15(17)11(2)10-14/h4-10,16H,3,18H2,1-2H3/t16-/m1/s1. The first-order valence-corrected chi connectivity index (χ1v) is 6.39. The Morgan fingerprint density at radius 1 is 1.11 bits per heavy atom. The average molecular weight is 259 g/mol. The summed E-state index contributed by atoms with van der Waals surface area (Å²) >= 11 is 0. The van der Waals surface area contributed by atoms with Crippen LogP contribution in [0.1, 0.15) is 30.5 Å². The van der Waals surface area contributed by atoms with Crippen LogP contribution < -0.4 is 10.5 Å². The summed E-state index contributed by atoms with van der Waals surface area (Å²) in [4.78, 5) is 0. The van der Waals surface area contributed by atoms with E-state index in [2.05, 4.69) is 6.92 Å². The van der Waals surface area contributed by atoms with E-state index in [0.717, 1.165) is 17.7 Å². The van der Waals surface area contributed by atoms with Gasteiger partial charge in [0.25, 0.3) is 0 Å². The quantitative estimate of drug-likeness (QED) is 0.886. The number of ether oxygens (including phenoxy) is 1. The van der Waals surface area contributed by atoms with E-state index in [0.29, 0.717) is 11.3 Å². The van der Waals surface area contributed by atoms with Crippen LogP contribution in [0.4, 0.5) is 4.39 Å². The van der Waals surface area contributed by atoms with E-state index in [4.69, 9.17) is 10.5 Å². The van der Waals surface area contributed by atoms with Gasteiger partial charge in [-0.05, 0) is 54.8 Å². The Balaban J connectivity index is 2.12. The highest BCUT2D eigenvalue weighted by molar-refractivity contribution is 5.36. The minimum Gasteiger partial charge on any atom is -0.457 e. The van der Waals surface area contributed by atoms with Crippen molar-refractivity contribution in [1.82, 2.24) is 0 Å². The fourth-order valence-corrected chi connectivity index (χ4v) is 1.84. The number of nitrogens with two attached hydrogens (primary N) is 1. The molecule has 0 bridgehead atoms. The maximum atomic E-state index is 13.1. The molecule has 0 aliphatic rings. The van der Waals surface area contributed by atoms with Crippen molar-refractivity contribution in [2.45, 2.75) is 26.3 Å². The molecule has 2 aromatic carbocycles. The highest BCUT2D eigenvalue weighted by Gasteiger charge is 2.04. The lowest BCUT2D eigenvalue weighted by Crippen LogP contribution is -2.07. The SMILES string of the molecule is CC[C@@H](N)c1ccc(Oc2ccc(F)c(C)c2)cc1. The van der Waals surface area contributed by atoms with Crippen molar-refractivity contribution in [2.75, 3.05) is 0 Å². The lowest BCUT2D eigenvalue weighted by molar-refractivity contribution is 0.479. The maximum absolute atomic E-state index is 13.1. The van der Waals surface area contributed by atoms with Crippen LogP contribution in [-0.4, -0.2) is 0 Å². The van der Waals surface area contributed by atoms with E-state index < -0.39 is 0 Å². The fourth-order valence-electron chi connectivity index (χ4n) is 1.84. The highest BCUT2D eigenvalue weighted by atomic mass is 19.1. The van der Waals surface area contributed by atoms with E-state index in [1.807, 2.05) is 24.3 Å². The summed E-state index contributed by atoms with van der Waals surface area (Å²) < 4.78 is 18.8. The van der Waals surface area contributed by atoms with Gasteiger partial charge in [0, 0.05) is 6.04 Å². The molecule has 0 fully saturated rings. The highest BCUT2D eigenvalue weighted by Crippen LogP contribution is 2.25. The number of hydrogen-bond donors (Lipinski definition) is 1. The number of aryl methyl sites for hydroxylation is 1. The molecule has 0 unspecified atom stereocenters. The Bertz CT molecular complexity index is 551. The lowest BCUT2D eigenvalue weighted by atomic mass is 10.1. The zero-order chi connectivity index (χ0) is 13.8. The smallest absolute Gasteiger partial charge is 0.127 e. The van der Waals surface area contributed by atoms with Crippen molar-refractivity contribution < 1.29 is 9.13 Å². The van der Waals surface area contributed by atoms with Gasteiger partial charge in [0.05, 0.1) is 0 Å². The van der Waals surface area contributed by atoms with Gasteiger partial charge in [-0.3, -0.25) is 0 Å². The number of benzene rings is 2. The minimum atomic E-state index is -0.225. The predicted octanol–water partition coefficient (Wildman–Crippen LogP) is 4.34. The molecule has 0 aliphatic carbocycles. The Hall–Kier alpha value is -1.87. The topological polar surface area (TPSA) is 35.2 Å². The van der Waals surface area contributed by atoms with Crippen LogP contribution in [0.15, 0.2) is 42.5 Å². The van der Waals surface area contributed by atoms with E-state index in [1.54, 1.807) is 19.1 Å². The van der Waals surface area contributed by atoms with Gasteiger partial charge in [-0.1, -0.05) is 19.1 Å². The third-order valence-electron chi connectivity index (χ3n) is 3.11. The monoisotopic (exact) mass is 259 g/mol. The predicted molar refractivity (Wildman–Crippen MR) is 74.9 cm³/mol. The van der Waals surface area contributed by atoms with Gasteiger partial charge in [-0.15, -0.1) is 0 Å². The zero-order valence-electron chi connectivity index (χ0n) is 11.2. The number of rotatable bonds is 4. The van der Waals surface area contributed by atoms with Crippen LogP contribution in [0.2, 0.25) is 0 Å². The molecule has 0 amide bonds. The molecule has 0 radical (unpaired) electrons. The Morgan fingerprint density at radius 3 is 2.32 bits per heavy atom. The second-order valence-electron chi connectivity index (χ2n) is 4.60. The Morgan fingerprint density at radius 2 is 1.74 bits per heavy atom. The van der Waals surface area contributed by atoms with E-state index in [1.165, 1.54) is 6.07 Å². The molecule has 0 spiro atoms. The summed E-state index contributed by atoms with van der Waals surface area (Å²) in [5.74, 6) is 1.13. The van der Waals surface area contributed by atoms with Gasteiger partial charge in [0.2, 0.25) is 0 Å². The van der Waals surface area contributed by atoms with Crippen LogP contribution in [0.5, 0.6) is 11.5 Å². The zero-order valence-corrected chi connectivity index (χ0v) is 11.2. The van der Waals surface area contributed by atoms with E-state index >= 15 is 0 Å². The first-order chi connectivity index (χ1) is 9.10. The van der Waals surface area contributed by atoms with Crippen LogP contribution in [-0.2, 0) is 0 Å². The molecule has 2 N–H and O–H groups in total. The molecule has 19 heavy (non-hydrogen) atoms. The Labute approximate surface area is 113 Å². The molecular formula is C16H18FNO. The van der Waals surface area contributed by atoms with E-state index in [-0.39, 0.29) is 11.9 Å². The molecule has 0 saturated carbocycles. The van der Waals surface area contributed by atoms with Crippen LogP contribution in [0, 0.1) is 12.7 Å². The molecule has 1 atom stereocenters. The van der Waals surface area contributed by atoms with Gasteiger partial charge in [0.15, 0.2) is 0 Å². The van der Waals surface area contributed by atoms with Crippen LogP contribution in [0.25, 0.3) is 0 Å². The van der Waals surface area contributed by atoms with Crippen molar-refractivity contribution in [3.8, 4) is 11.5 Å². The first-order valence-electron chi connectivity index (χ1n) is 6.39. The summed E-state index contributed by atoms with van der Waals surface area (Å²) in [6.07, 6.45) is 0.900. The van der Waals surface area contributed by atoms with Crippen molar-refractivity contribution in [3.63, 3.8) is 0 Å². The number of halogens is 1. The lowest BCUT2D eigenvalue weighted by Gasteiger charge is -2.11. The Kier molecular flexibility index (Phi) is 4.17. The molecule has 0 aromatic heterocycles. The van der Waals surface area contributed by atoms with Crippen molar-refractivity contribution >= 4 is 0 Å². The molecule has 2 aromatic rings. The molecule has 0 heterocycles. The summed E-state index contributed by atoms with van der Waals surface area (Å²) in [7, 11) is 0. The van der Waals surface area contributed by atoms with Gasteiger partial charge < -0.3 is 10.5 Å². The molecular weight excluding hydrogens is 241 g/mol. The fraction of sp³-hybridized carbons (Fsp3) is 0.250. The summed E-state index contributed by atoms with van der Waals surface area (Å²) in [6, 6.07) is 12.4. The second-order valence-corrected chi connectivity index (χ2v) is 4.60. The van der Waals surface area contributed by atoms with E-state index in [9.17, 15) is 4.39 Å². The van der Waals surface area contributed by atoms with Crippen LogP contribution in [0.3, 0.4) is 0 Å².